The number of carbonyl (C=O) groups is 1. The van der Waals surface area contributed by atoms with E-state index in [2.05, 4.69) is 14.3 Å². The molecule has 5 rings (SSSR count). The minimum Gasteiger partial charge on any atom is -0.396 e. The third kappa shape index (κ3) is 2.52. The Bertz CT molecular complexity index is 825. The van der Waals surface area contributed by atoms with Crippen molar-refractivity contribution < 1.29 is 9.90 Å². The Hall–Kier alpha value is -1.44. The minimum absolute atomic E-state index is 0.0809. The van der Waals surface area contributed by atoms with Crippen LogP contribution >= 0.6 is 11.3 Å². The van der Waals surface area contributed by atoms with Crippen LogP contribution in [0.15, 0.2) is 11.6 Å². The number of aromatic nitrogens is 2. The molecule has 26 heavy (non-hydrogen) atoms. The molecular formula is C19H26N4O2S. The number of carbonyl (C=O) groups excluding carboxylic acids is 1. The number of aliphatic hydroxyl groups is 1. The topological polar surface area (TPSA) is 61.1 Å². The zero-order valence-corrected chi connectivity index (χ0v) is 15.9. The van der Waals surface area contributed by atoms with Gasteiger partial charge in [-0.2, -0.15) is 0 Å². The van der Waals surface area contributed by atoms with Crippen LogP contribution in [0.25, 0.3) is 4.96 Å². The number of aliphatic hydroxyl groups excluding tert-OH is 1. The van der Waals surface area contributed by atoms with Gasteiger partial charge >= 0.3 is 0 Å². The van der Waals surface area contributed by atoms with E-state index in [-0.39, 0.29) is 17.9 Å². The minimum atomic E-state index is 0.0809. The van der Waals surface area contributed by atoms with Crippen LogP contribution in [0.4, 0.5) is 0 Å². The van der Waals surface area contributed by atoms with E-state index in [1.165, 1.54) is 12.8 Å². The summed E-state index contributed by atoms with van der Waals surface area (Å²) in [5, 5.41) is 12.0. The van der Waals surface area contributed by atoms with Gasteiger partial charge in [0, 0.05) is 49.7 Å². The van der Waals surface area contributed by atoms with Crippen molar-refractivity contribution in [2.45, 2.75) is 38.6 Å². The molecule has 1 saturated carbocycles. The first-order chi connectivity index (χ1) is 12.7. The molecule has 0 bridgehead atoms. The first-order valence-electron chi connectivity index (χ1n) is 9.77. The fraction of sp³-hybridized carbons (Fsp3) is 0.684. The molecule has 2 atom stereocenters. The average Bonchev–Trinajstić information content (AvgIpc) is 3.42. The summed E-state index contributed by atoms with van der Waals surface area (Å²) in [7, 11) is 0. The second-order valence-corrected chi connectivity index (χ2v) is 9.11. The van der Waals surface area contributed by atoms with Crippen molar-refractivity contribution in [2.75, 3.05) is 32.8 Å². The van der Waals surface area contributed by atoms with Crippen molar-refractivity contribution in [3.8, 4) is 0 Å². The normalized spacial score (nSPS) is 29.1. The van der Waals surface area contributed by atoms with Gasteiger partial charge in [-0.3, -0.25) is 14.1 Å². The molecule has 2 aromatic heterocycles. The Morgan fingerprint density at radius 3 is 2.96 bits per heavy atom. The lowest BCUT2D eigenvalue weighted by atomic mass is 9.82. The molecule has 2 saturated heterocycles. The Balaban J connectivity index is 1.44. The van der Waals surface area contributed by atoms with Crippen LogP contribution in [0.1, 0.15) is 48.3 Å². The summed E-state index contributed by atoms with van der Waals surface area (Å²) in [5.41, 5.74) is 1.73. The van der Waals surface area contributed by atoms with Crippen LogP contribution < -0.4 is 0 Å². The van der Waals surface area contributed by atoms with Gasteiger partial charge in [-0.25, -0.2) is 4.98 Å². The molecule has 140 valence electrons. The molecular weight excluding hydrogens is 348 g/mol. The lowest BCUT2D eigenvalue weighted by molar-refractivity contribution is 0.0784. The van der Waals surface area contributed by atoms with E-state index in [9.17, 15) is 9.90 Å². The summed E-state index contributed by atoms with van der Waals surface area (Å²) in [5.74, 6) is 0.681. The Morgan fingerprint density at radius 2 is 2.19 bits per heavy atom. The highest BCUT2D eigenvalue weighted by atomic mass is 32.1. The second-order valence-electron chi connectivity index (χ2n) is 8.24. The highest BCUT2D eigenvalue weighted by molar-refractivity contribution is 7.15. The Morgan fingerprint density at radius 1 is 1.35 bits per heavy atom. The molecule has 1 amide bonds. The number of rotatable bonds is 4. The highest BCUT2D eigenvalue weighted by Gasteiger charge is 2.49. The zero-order valence-electron chi connectivity index (χ0n) is 15.1. The highest BCUT2D eigenvalue weighted by Crippen LogP contribution is 2.48. The number of imidazole rings is 1. The van der Waals surface area contributed by atoms with Crippen LogP contribution in [0.3, 0.4) is 0 Å². The van der Waals surface area contributed by atoms with Crippen molar-refractivity contribution in [3.05, 3.63) is 23.0 Å². The van der Waals surface area contributed by atoms with Gasteiger partial charge in [0.15, 0.2) is 10.7 Å². The third-order valence-corrected chi connectivity index (χ3v) is 7.51. The van der Waals surface area contributed by atoms with E-state index < -0.39 is 0 Å². The Labute approximate surface area is 157 Å². The average molecular weight is 375 g/mol. The van der Waals surface area contributed by atoms with Crippen LogP contribution in [0.5, 0.6) is 0 Å². The quantitative estimate of drug-likeness (QED) is 0.892. The summed E-state index contributed by atoms with van der Waals surface area (Å²) >= 11 is 1.58. The molecule has 7 heteroatoms. The predicted molar refractivity (Wildman–Crippen MR) is 100 cm³/mol. The van der Waals surface area contributed by atoms with Crippen LogP contribution in [0, 0.1) is 11.3 Å². The van der Waals surface area contributed by atoms with Crippen molar-refractivity contribution >= 4 is 22.2 Å². The summed E-state index contributed by atoms with van der Waals surface area (Å²) in [4.78, 5) is 23.0. The van der Waals surface area contributed by atoms with E-state index in [1.54, 1.807) is 11.3 Å². The lowest BCUT2D eigenvalue weighted by Crippen LogP contribution is -2.32. The lowest BCUT2D eigenvalue weighted by Gasteiger charge is -2.26. The number of hydrogen-bond acceptors (Lipinski definition) is 5. The SMILES string of the molecule is O=C(c1nc2sccn2c1CN1C[C@H]2CCC[C@@]2(CO)C1)N1CCCC1. The van der Waals surface area contributed by atoms with Crippen molar-refractivity contribution in [3.63, 3.8) is 0 Å². The number of hydrogen-bond donors (Lipinski definition) is 1. The van der Waals surface area contributed by atoms with E-state index in [0.717, 1.165) is 62.6 Å². The van der Waals surface area contributed by atoms with Gasteiger partial charge in [-0.15, -0.1) is 11.3 Å². The maximum Gasteiger partial charge on any atom is 0.274 e. The predicted octanol–water partition coefficient (Wildman–Crippen LogP) is 2.23. The molecule has 2 aromatic rings. The molecule has 3 aliphatic rings. The van der Waals surface area contributed by atoms with E-state index >= 15 is 0 Å². The summed E-state index contributed by atoms with van der Waals surface area (Å²) in [6.07, 6.45) is 7.80. The maximum atomic E-state index is 13.0. The molecule has 0 spiro atoms. The number of amides is 1. The smallest absolute Gasteiger partial charge is 0.274 e. The van der Waals surface area contributed by atoms with Crippen molar-refractivity contribution in [2.24, 2.45) is 11.3 Å². The maximum absolute atomic E-state index is 13.0. The largest absolute Gasteiger partial charge is 0.396 e. The van der Waals surface area contributed by atoms with Crippen LogP contribution in [-0.2, 0) is 6.54 Å². The fourth-order valence-electron chi connectivity index (χ4n) is 5.34. The van der Waals surface area contributed by atoms with Gasteiger partial charge in [0.2, 0.25) is 0 Å². The molecule has 1 N–H and O–H groups in total. The van der Waals surface area contributed by atoms with E-state index in [1.807, 2.05) is 16.5 Å². The van der Waals surface area contributed by atoms with E-state index in [0.29, 0.717) is 11.6 Å². The Kier molecular flexibility index (Phi) is 4.06. The standard InChI is InChI=1S/C19H26N4O2S/c24-13-19-5-3-4-14(19)10-21(12-19)11-15-16(17(25)22-6-1-2-7-22)20-18-23(15)8-9-26-18/h8-9,14,24H,1-7,10-13H2/t14-,19+/m1/s1. The molecule has 0 unspecified atom stereocenters. The monoisotopic (exact) mass is 374 g/mol. The number of likely N-dealkylation sites (tertiary alicyclic amines) is 2. The second kappa shape index (κ2) is 6.32. The number of fused-ring (bicyclic) bond motifs is 2. The molecule has 3 fully saturated rings. The van der Waals surface area contributed by atoms with Gasteiger partial charge in [0.05, 0.1) is 12.3 Å². The van der Waals surface area contributed by atoms with Gasteiger partial charge in [-0.05, 0) is 31.6 Å². The number of thiazole rings is 1. The van der Waals surface area contributed by atoms with Crippen molar-refractivity contribution in [1.29, 1.82) is 0 Å². The summed E-state index contributed by atoms with van der Waals surface area (Å²) in [6.45, 7) is 4.68. The molecule has 0 radical (unpaired) electrons. The molecule has 1 aliphatic carbocycles. The van der Waals surface area contributed by atoms with Crippen molar-refractivity contribution in [1.82, 2.24) is 19.2 Å². The molecule has 0 aromatic carbocycles. The van der Waals surface area contributed by atoms with Crippen LogP contribution in [0.2, 0.25) is 0 Å². The summed E-state index contributed by atoms with van der Waals surface area (Å²) < 4.78 is 2.09. The van der Waals surface area contributed by atoms with Gasteiger partial charge in [0.1, 0.15) is 0 Å². The third-order valence-electron chi connectivity index (χ3n) is 6.76. The zero-order chi connectivity index (χ0) is 17.7. The molecule has 2 aliphatic heterocycles. The number of nitrogens with zero attached hydrogens (tertiary/aromatic N) is 4. The van der Waals surface area contributed by atoms with Gasteiger partial charge in [0.25, 0.3) is 5.91 Å². The fourth-order valence-corrected chi connectivity index (χ4v) is 6.07. The first-order valence-corrected chi connectivity index (χ1v) is 10.6. The van der Waals surface area contributed by atoms with Gasteiger partial charge in [-0.1, -0.05) is 6.42 Å². The molecule has 6 nitrogen and oxygen atoms in total. The molecule has 4 heterocycles. The summed E-state index contributed by atoms with van der Waals surface area (Å²) in [6, 6.07) is 0. The van der Waals surface area contributed by atoms with E-state index in [4.69, 9.17) is 0 Å². The first kappa shape index (κ1) is 16.7. The van der Waals surface area contributed by atoms with Gasteiger partial charge < -0.3 is 10.0 Å². The van der Waals surface area contributed by atoms with Crippen LogP contribution in [-0.4, -0.2) is 63.0 Å².